The summed E-state index contributed by atoms with van der Waals surface area (Å²) in [5, 5.41) is 21.2. The van der Waals surface area contributed by atoms with Crippen molar-refractivity contribution < 1.29 is 4.92 Å². The molecule has 26 heavy (non-hydrogen) atoms. The Labute approximate surface area is 159 Å². The maximum absolute atomic E-state index is 10.8. The van der Waals surface area contributed by atoms with Crippen LogP contribution >= 0.6 is 23.2 Å². The van der Waals surface area contributed by atoms with Gasteiger partial charge in [0.05, 0.1) is 21.6 Å². The van der Waals surface area contributed by atoms with Gasteiger partial charge in [0.15, 0.2) is 0 Å². The van der Waals surface area contributed by atoms with E-state index in [1.807, 2.05) is 22.9 Å². The van der Waals surface area contributed by atoms with Crippen molar-refractivity contribution in [2.75, 3.05) is 0 Å². The molecule has 2 aromatic carbocycles. The van der Waals surface area contributed by atoms with Crippen LogP contribution in [0, 0.1) is 21.4 Å². The first-order valence-corrected chi connectivity index (χ1v) is 8.24. The number of halogens is 2. The van der Waals surface area contributed by atoms with Crippen LogP contribution < -0.4 is 0 Å². The molecule has 5 nitrogen and oxygen atoms in total. The zero-order valence-electron chi connectivity index (χ0n) is 13.3. The Morgan fingerprint density at radius 3 is 2.50 bits per heavy atom. The summed E-state index contributed by atoms with van der Waals surface area (Å²) in [4.78, 5) is 10.3. The Hall–Kier alpha value is -3.07. The lowest BCUT2D eigenvalue weighted by Crippen LogP contribution is -1.96. The Bertz CT molecular complexity index is 1050. The van der Waals surface area contributed by atoms with E-state index in [0.29, 0.717) is 21.2 Å². The first kappa shape index (κ1) is 17.7. The van der Waals surface area contributed by atoms with Crippen LogP contribution in [0.2, 0.25) is 10.0 Å². The number of rotatable bonds is 4. The highest BCUT2D eigenvalue weighted by molar-refractivity contribution is 6.36. The molecule has 1 heterocycles. The first-order chi connectivity index (χ1) is 12.5. The van der Waals surface area contributed by atoms with Crippen LogP contribution in [0.3, 0.4) is 0 Å². The van der Waals surface area contributed by atoms with Gasteiger partial charge in [0.25, 0.3) is 5.69 Å². The van der Waals surface area contributed by atoms with E-state index >= 15 is 0 Å². The van der Waals surface area contributed by atoms with Crippen LogP contribution in [0.4, 0.5) is 5.69 Å². The number of aromatic nitrogens is 1. The van der Waals surface area contributed by atoms with Crippen molar-refractivity contribution in [3.05, 3.63) is 92.2 Å². The number of hydrogen-bond acceptors (Lipinski definition) is 3. The van der Waals surface area contributed by atoms with E-state index in [4.69, 9.17) is 23.2 Å². The minimum atomic E-state index is -0.448. The smallest absolute Gasteiger partial charge is 0.269 e. The summed E-state index contributed by atoms with van der Waals surface area (Å²) < 4.78 is 1.82. The Kier molecular flexibility index (Phi) is 5.08. The van der Waals surface area contributed by atoms with E-state index in [1.54, 1.807) is 36.4 Å². The molecule has 0 spiro atoms. The Morgan fingerprint density at radius 2 is 1.88 bits per heavy atom. The molecule has 0 amide bonds. The van der Waals surface area contributed by atoms with Gasteiger partial charge in [0, 0.05) is 40.3 Å². The summed E-state index contributed by atoms with van der Waals surface area (Å²) in [6.45, 7) is 0. The fraction of sp³-hybridized carbons (Fsp3) is 0. The Balaban J connectivity index is 2.03. The quantitative estimate of drug-likeness (QED) is 0.326. The van der Waals surface area contributed by atoms with E-state index < -0.39 is 4.92 Å². The third kappa shape index (κ3) is 3.62. The van der Waals surface area contributed by atoms with Crippen LogP contribution in [-0.4, -0.2) is 9.49 Å². The van der Waals surface area contributed by atoms with Gasteiger partial charge in [-0.15, -0.1) is 0 Å². The normalized spacial score (nSPS) is 11.2. The number of nitro benzene ring substituents is 1. The van der Waals surface area contributed by atoms with Crippen LogP contribution in [0.5, 0.6) is 0 Å². The molecule has 3 aromatic rings. The number of benzene rings is 2. The number of allylic oxidation sites excluding steroid dienone is 1. The average Bonchev–Trinajstić information content (AvgIpc) is 3.08. The highest BCUT2D eigenvalue weighted by Crippen LogP contribution is 2.29. The molecule has 0 fully saturated rings. The number of nitriles is 1. The molecule has 7 heteroatoms. The highest BCUT2D eigenvalue weighted by Gasteiger charge is 2.10. The van der Waals surface area contributed by atoms with Crippen LogP contribution in [0.15, 0.2) is 60.8 Å². The van der Waals surface area contributed by atoms with Gasteiger partial charge in [0.2, 0.25) is 0 Å². The second-order valence-corrected chi connectivity index (χ2v) is 6.21. The second-order valence-electron chi connectivity index (χ2n) is 5.37. The molecule has 0 aliphatic rings. The molecular formula is C19H11Cl2N3O2. The van der Waals surface area contributed by atoms with Crippen molar-refractivity contribution in [2.45, 2.75) is 0 Å². The van der Waals surface area contributed by atoms with Gasteiger partial charge in [-0.05, 0) is 42.5 Å². The SMILES string of the molecule is N#C/C(=C\c1cccn1-c1ccc([N+](=O)[O-])cc1)c1ccc(Cl)cc1Cl. The maximum Gasteiger partial charge on any atom is 0.269 e. The third-order valence-electron chi connectivity index (χ3n) is 3.75. The van der Waals surface area contributed by atoms with Crippen molar-refractivity contribution in [1.82, 2.24) is 4.57 Å². The molecular weight excluding hydrogens is 373 g/mol. The van der Waals surface area contributed by atoms with Crippen molar-refractivity contribution >= 4 is 40.5 Å². The molecule has 0 unspecified atom stereocenters. The maximum atomic E-state index is 10.8. The third-order valence-corrected chi connectivity index (χ3v) is 4.30. The van der Waals surface area contributed by atoms with Gasteiger partial charge in [-0.1, -0.05) is 29.3 Å². The van der Waals surface area contributed by atoms with Crippen molar-refractivity contribution in [3.63, 3.8) is 0 Å². The van der Waals surface area contributed by atoms with Gasteiger partial charge >= 0.3 is 0 Å². The van der Waals surface area contributed by atoms with Crippen molar-refractivity contribution in [2.24, 2.45) is 0 Å². The van der Waals surface area contributed by atoms with Gasteiger partial charge < -0.3 is 4.57 Å². The standard InChI is InChI=1S/C19H11Cl2N3O2/c20-14-3-8-18(19(21)11-14)13(12-22)10-17-2-1-9-23(17)15-4-6-16(7-5-15)24(25)26/h1-11H/b13-10+. The molecule has 0 saturated carbocycles. The largest absolute Gasteiger partial charge is 0.317 e. The Morgan fingerprint density at radius 1 is 1.15 bits per heavy atom. The zero-order chi connectivity index (χ0) is 18.7. The predicted octanol–water partition coefficient (Wildman–Crippen LogP) is 5.76. The van der Waals surface area contributed by atoms with Crippen molar-refractivity contribution in [1.29, 1.82) is 5.26 Å². The number of hydrogen-bond donors (Lipinski definition) is 0. The molecule has 3 rings (SSSR count). The summed E-state index contributed by atoms with van der Waals surface area (Å²) in [6, 6.07) is 16.9. The molecule has 0 bridgehead atoms. The second kappa shape index (κ2) is 7.44. The van der Waals surface area contributed by atoms with Crippen LogP contribution in [0.25, 0.3) is 17.3 Å². The van der Waals surface area contributed by atoms with E-state index in [-0.39, 0.29) is 5.69 Å². The highest BCUT2D eigenvalue weighted by atomic mass is 35.5. The fourth-order valence-electron chi connectivity index (χ4n) is 2.51. The molecule has 0 atom stereocenters. The summed E-state index contributed by atoms with van der Waals surface area (Å²) in [6.07, 6.45) is 3.52. The zero-order valence-corrected chi connectivity index (χ0v) is 14.8. The lowest BCUT2D eigenvalue weighted by atomic mass is 10.1. The molecule has 128 valence electrons. The molecule has 0 radical (unpaired) electrons. The van der Waals surface area contributed by atoms with Gasteiger partial charge in [-0.2, -0.15) is 5.26 Å². The lowest BCUT2D eigenvalue weighted by molar-refractivity contribution is -0.384. The molecule has 0 aliphatic heterocycles. The van der Waals surface area contributed by atoms with Crippen molar-refractivity contribution in [3.8, 4) is 11.8 Å². The fourth-order valence-corrected chi connectivity index (χ4v) is 3.02. The average molecular weight is 384 g/mol. The summed E-state index contributed by atoms with van der Waals surface area (Å²) >= 11 is 12.1. The lowest BCUT2D eigenvalue weighted by Gasteiger charge is -2.08. The number of nitrogens with zero attached hydrogens (tertiary/aromatic N) is 3. The summed E-state index contributed by atoms with van der Waals surface area (Å²) in [5.41, 5.74) is 2.46. The summed E-state index contributed by atoms with van der Waals surface area (Å²) in [7, 11) is 0. The predicted molar refractivity (Wildman–Crippen MR) is 102 cm³/mol. The molecule has 0 saturated heterocycles. The van der Waals surface area contributed by atoms with E-state index in [0.717, 1.165) is 11.4 Å². The minimum Gasteiger partial charge on any atom is -0.317 e. The van der Waals surface area contributed by atoms with Gasteiger partial charge in [-0.25, -0.2) is 0 Å². The molecule has 0 N–H and O–H groups in total. The van der Waals surface area contributed by atoms with Gasteiger partial charge in [-0.3, -0.25) is 10.1 Å². The van der Waals surface area contributed by atoms with E-state index in [2.05, 4.69) is 6.07 Å². The van der Waals surface area contributed by atoms with Gasteiger partial charge in [0.1, 0.15) is 0 Å². The van der Waals surface area contributed by atoms with Crippen LogP contribution in [0.1, 0.15) is 11.3 Å². The van der Waals surface area contributed by atoms with Crippen LogP contribution in [-0.2, 0) is 0 Å². The monoisotopic (exact) mass is 383 g/mol. The minimum absolute atomic E-state index is 0.0173. The topological polar surface area (TPSA) is 71.9 Å². The molecule has 1 aromatic heterocycles. The van der Waals surface area contributed by atoms with E-state index in [1.165, 1.54) is 12.1 Å². The molecule has 0 aliphatic carbocycles. The number of non-ortho nitro benzene ring substituents is 1. The first-order valence-electron chi connectivity index (χ1n) is 7.49. The van der Waals surface area contributed by atoms with E-state index in [9.17, 15) is 15.4 Å². The summed E-state index contributed by atoms with van der Waals surface area (Å²) in [5.74, 6) is 0. The number of nitro groups is 1.